The molecule has 1 aromatic heterocycles. The molecule has 4 nitrogen and oxygen atoms in total. The summed E-state index contributed by atoms with van der Waals surface area (Å²) in [5.41, 5.74) is 0. The van der Waals surface area contributed by atoms with Gasteiger partial charge in [0.25, 0.3) is 0 Å². The molecule has 0 aromatic carbocycles. The first kappa shape index (κ1) is 14.5. The number of amides is 1. The van der Waals surface area contributed by atoms with Gasteiger partial charge in [0.15, 0.2) is 0 Å². The lowest BCUT2D eigenvalue weighted by molar-refractivity contribution is -0.126. The third-order valence-corrected chi connectivity index (χ3v) is 4.54. The van der Waals surface area contributed by atoms with Gasteiger partial charge >= 0.3 is 0 Å². The molecule has 1 amide bonds. The highest BCUT2D eigenvalue weighted by Crippen LogP contribution is 2.13. The molecule has 106 valence electrons. The molecule has 1 aliphatic rings. The number of aliphatic hydroxyl groups is 1. The number of hydrogen-bond donors (Lipinski definition) is 2. The van der Waals surface area contributed by atoms with Crippen molar-refractivity contribution in [3.05, 3.63) is 22.4 Å². The van der Waals surface area contributed by atoms with Crippen molar-refractivity contribution in [3.63, 3.8) is 0 Å². The van der Waals surface area contributed by atoms with E-state index in [2.05, 4.69) is 21.7 Å². The van der Waals surface area contributed by atoms with Crippen LogP contribution in [0.1, 0.15) is 24.6 Å². The fourth-order valence-electron chi connectivity index (χ4n) is 2.41. The second kappa shape index (κ2) is 7.03. The van der Waals surface area contributed by atoms with Crippen molar-refractivity contribution in [3.8, 4) is 0 Å². The van der Waals surface area contributed by atoms with Gasteiger partial charge in [0.1, 0.15) is 0 Å². The summed E-state index contributed by atoms with van der Waals surface area (Å²) in [6.07, 6.45) is 2.42. The minimum atomic E-state index is -0.282. The van der Waals surface area contributed by atoms with Crippen LogP contribution in [0, 0.1) is 0 Å². The van der Waals surface area contributed by atoms with Crippen LogP contribution in [0.25, 0.3) is 0 Å². The largest absolute Gasteiger partial charge is 0.392 e. The number of carbonyl (C=O) groups excluding carboxylic acids is 1. The molecule has 2 N–H and O–H groups in total. The van der Waals surface area contributed by atoms with E-state index in [1.54, 1.807) is 11.3 Å². The normalized spacial score (nSPS) is 22.1. The summed E-state index contributed by atoms with van der Waals surface area (Å²) in [4.78, 5) is 15.4. The van der Waals surface area contributed by atoms with Crippen molar-refractivity contribution >= 4 is 17.2 Å². The number of hydrogen-bond acceptors (Lipinski definition) is 4. The maximum absolute atomic E-state index is 12.0. The van der Waals surface area contributed by atoms with Gasteiger partial charge in [-0.2, -0.15) is 0 Å². The SMILES string of the molecule is CC(C(=O)NCCc1cccs1)N1CCCC(O)C1. The highest BCUT2D eigenvalue weighted by Gasteiger charge is 2.25. The van der Waals surface area contributed by atoms with Crippen molar-refractivity contribution in [1.29, 1.82) is 0 Å². The number of likely N-dealkylation sites (tertiary alicyclic amines) is 1. The highest BCUT2D eigenvalue weighted by molar-refractivity contribution is 7.09. The van der Waals surface area contributed by atoms with E-state index in [1.165, 1.54) is 4.88 Å². The minimum absolute atomic E-state index is 0.0608. The number of nitrogens with zero attached hydrogens (tertiary/aromatic N) is 1. The lowest BCUT2D eigenvalue weighted by Gasteiger charge is -2.33. The van der Waals surface area contributed by atoms with Gasteiger partial charge in [0.05, 0.1) is 12.1 Å². The Morgan fingerprint density at radius 3 is 3.21 bits per heavy atom. The van der Waals surface area contributed by atoms with Crippen LogP contribution < -0.4 is 5.32 Å². The van der Waals surface area contributed by atoms with Crippen LogP contribution in [-0.2, 0) is 11.2 Å². The zero-order valence-electron chi connectivity index (χ0n) is 11.3. The first-order chi connectivity index (χ1) is 9.16. The number of carbonyl (C=O) groups is 1. The Balaban J connectivity index is 1.72. The van der Waals surface area contributed by atoms with Crippen molar-refractivity contribution < 1.29 is 9.90 Å². The van der Waals surface area contributed by atoms with Gasteiger partial charge in [0, 0.05) is 18.0 Å². The van der Waals surface area contributed by atoms with Gasteiger partial charge < -0.3 is 10.4 Å². The average Bonchev–Trinajstić information content (AvgIpc) is 2.91. The molecular weight excluding hydrogens is 260 g/mol. The number of piperidine rings is 1. The lowest BCUT2D eigenvalue weighted by atomic mass is 10.1. The molecule has 1 aromatic rings. The lowest BCUT2D eigenvalue weighted by Crippen LogP contribution is -2.50. The maximum atomic E-state index is 12.0. The van der Waals surface area contributed by atoms with Crippen LogP contribution in [0.3, 0.4) is 0 Å². The predicted molar refractivity (Wildman–Crippen MR) is 77.3 cm³/mol. The Bertz CT molecular complexity index is 394. The first-order valence-electron chi connectivity index (χ1n) is 6.89. The zero-order chi connectivity index (χ0) is 13.7. The Labute approximate surface area is 118 Å². The molecule has 0 aliphatic carbocycles. The number of thiophene rings is 1. The molecule has 2 heterocycles. The Hall–Kier alpha value is -0.910. The Morgan fingerprint density at radius 2 is 2.53 bits per heavy atom. The monoisotopic (exact) mass is 282 g/mol. The topological polar surface area (TPSA) is 52.6 Å². The Morgan fingerprint density at radius 1 is 1.68 bits per heavy atom. The standard InChI is InChI=1S/C14H22N2O2S/c1-11(16-8-2-4-12(17)10-16)14(18)15-7-6-13-5-3-9-19-13/h3,5,9,11-12,17H,2,4,6-8,10H2,1H3,(H,15,18). The third-order valence-electron chi connectivity index (χ3n) is 3.61. The van der Waals surface area contributed by atoms with E-state index in [0.29, 0.717) is 13.1 Å². The van der Waals surface area contributed by atoms with E-state index >= 15 is 0 Å². The maximum Gasteiger partial charge on any atom is 0.237 e. The highest BCUT2D eigenvalue weighted by atomic mass is 32.1. The van der Waals surface area contributed by atoms with Gasteiger partial charge in [-0.3, -0.25) is 9.69 Å². The van der Waals surface area contributed by atoms with Gasteiger partial charge in [-0.25, -0.2) is 0 Å². The second-order valence-electron chi connectivity index (χ2n) is 5.09. The van der Waals surface area contributed by atoms with Crippen molar-refractivity contribution in [2.75, 3.05) is 19.6 Å². The van der Waals surface area contributed by atoms with Crippen molar-refractivity contribution in [2.24, 2.45) is 0 Å². The molecule has 0 spiro atoms. The molecule has 1 saturated heterocycles. The molecule has 2 rings (SSSR count). The van der Waals surface area contributed by atoms with Crippen LogP contribution in [0.15, 0.2) is 17.5 Å². The Kier molecular flexibility index (Phi) is 5.36. The van der Waals surface area contributed by atoms with E-state index in [0.717, 1.165) is 25.8 Å². The molecule has 2 atom stereocenters. The van der Waals surface area contributed by atoms with E-state index in [4.69, 9.17) is 0 Å². The first-order valence-corrected chi connectivity index (χ1v) is 7.77. The van der Waals surface area contributed by atoms with Crippen molar-refractivity contribution in [1.82, 2.24) is 10.2 Å². The van der Waals surface area contributed by atoms with E-state index in [-0.39, 0.29) is 18.1 Å². The summed E-state index contributed by atoms with van der Waals surface area (Å²) < 4.78 is 0. The molecular formula is C14H22N2O2S. The second-order valence-corrected chi connectivity index (χ2v) is 6.12. The molecule has 1 fully saturated rings. The third kappa shape index (κ3) is 4.30. The smallest absolute Gasteiger partial charge is 0.237 e. The van der Waals surface area contributed by atoms with Gasteiger partial charge in [0.2, 0.25) is 5.91 Å². The van der Waals surface area contributed by atoms with Gasteiger partial charge in [-0.05, 0) is 44.2 Å². The number of rotatable bonds is 5. The summed E-state index contributed by atoms with van der Waals surface area (Å²) in [6, 6.07) is 3.96. The summed E-state index contributed by atoms with van der Waals surface area (Å²) >= 11 is 1.72. The zero-order valence-corrected chi connectivity index (χ0v) is 12.2. The van der Waals surface area contributed by atoms with Gasteiger partial charge in [-0.1, -0.05) is 6.07 Å². The summed E-state index contributed by atoms with van der Waals surface area (Å²) in [6.45, 7) is 4.11. The van der Waals surface area contributed by atoms with Crippen LogP contribution in [0.5, 0.6) is 0 Å². The summed E-state index contributed by atoms with van der Waals surface area (Å²) in [5.74, 6) is 0.0608. The fourth-order valence-corrected chi connectivity index (χ4v) is 3.12. The van der Waals surface area contributed by atoms with Crippen LogP contribution >= 0.6 is 11.3 Å². The molecule has 2 unspecified atom stereocenters. The quantitative estimate of drug-likeness (QED) is 0.854. The molecule has 5 heteroatoms. The summed E-state index contributed by atoms with van der Waals surface area (Å²) in [5, 5.41) is 14.7. The number of aliphatic hydroxyl groups excluding tert-OH is 1. The van der Waals surface area contributed by atoms with E-state index in [9.17, 15) is 9.90 Å². The number of β-amino-alcohol motifs (C(OH)–C–C–N with tert-alkyl or cyclic N) is 1. The average molecular weight is 282 g/mol. The van der Waals surface area contributed by atoms with Crippen LogP contribution in [0.4, 0.5) is 0 Å². The summed E-state index contributed by atoms with van der Waals surface area (Å²) in [7, 11) is 0. The minimum Gasteiger partial charge on any atom is -0.392 e. The molecule has 1 aliphatic heterocycles. The fraction of sp³-hybridized carbons (Fsp3) is 0.643. The molecule has 0 radical (unpaired) electrons. The van der Waals surface area contributed by atoms with Crippen LogP contribution in [-0.4, -0.2) is 47.7 Å². The molecule has 19 heavy (non-hydrogen) atoms. The van der Waals surface area contributed by atoms with Crippen LogP contribution in [0.2, 0.25) is 0 Å². The van der Waals surface area contributed by atoms with E-state index < -0.39 is 0 Å². The van der Waals surface area contributed by atoms with Gasteiger partial charge in [-0.15, -0.1) is 11.3 Å². The van der Waals surface area contributed by atoms with Crippen molar-refractivity contribution in [2.45, 2.75) is 38.3 Å². The predicted octanol–water partition coefficient (Wildman–Crippen LogP) is 1.25. The number of nitrogens with one attached hydrogen (secondary N) is 1. The van der Waals surface area contributed by atoms with E-state index in [1.807, 2.05) is 13.0 Å². The molecule has 0 saturated carbocycles. The molecule has 0 bridgehead atoms.